The molecule has 0 atom stereocenters. The molecule has 2 aromatic rings. The molecule has 6 heteroatoms. The van der Waals surface area contributed by atoms with Gasteiger partial charge in [-0.05, 0) is 39.0 Å². The number of rotatable bonds is 1. The number of nitrogens with zero attached hydrogens (tertiary/aromatic N) is 1. The first-order chi connectivity index (χ1) is 9.74. The molecule has 0 saturated heterocycles. The predicted octanol–water partition coefficient (Wildman–Crippen LogP) is 3.97. The van der Waals surface area contributed by atoms with Crippen molar-refractivity contribution in [1.82, 2.24) is 4.57 Å². The average Bonchev–Trinajstić information content (AvgIpc) is 2.76. The topological polar surface area (TPSA) is 57.5 Å². The molecular weight excluding hydrogens is 338 g/mol. The minimum Gasteiger partial charge on any atom is -0.464 e. The van der Waals surface area contributed by atoms with E-state index >= 15 is 0 Å². The molecule has 0 amide bonds. The molecule has 0 saturated carbocycles. The highest BCUT2D eigenvalue weighted by atomic mass is 79.9. The third kappa shape index (κ3) is 3.10. The number of methoxy groups -OCH3 is 1. The third-order valence-corrected chi connectivity index (χ3v) is 3.45. The van der Waals surface area contributed by atoms with Crippen LogP contribution in [0.3, 0.4) is 0 Å². The van der Waals surface area contributed by atoms with E-state index in [0.717, 1.165) is 9.86 Å². The van der Waals surface area contributed by atoms with Gasteiger partial charge in [-0.3, -0.25) is 0 Å². The minimum atomic E-state index is -0.660. The van der Waals surface area contributed by atoms with Crippen LogP contribution in [-0.2, 0) is 9.47 Å². The van der Waals surface area contributed by atoms with Gasteiger partial charge in [0.05, 0.1) is 12.6 Å². The summed E-state index contributed by atoms with van der Waals surface area (Å²) in [6.45, 7) is 5.30. The van der Waals surface area contributed by atoms with Crippen LogP contribution in [0.25, 0.3) is 10.9 Å². The van der Waals surface area contributed by atoms with Gasteiger partial charge in [0.1, 0.15) is 11.3 Å². The van der Waals surface area contributed by atoms with Gasteiger partial charge in [-0.1, -0.05) is 22.0 Å². The van der Waals surface area contributed by atoms with Gasteiger partial charge in [0.25, 0.3) is 0 Å². The summed E-state index contributed by atoms with van der Waals surface area (Å²) in [5.74, 6) is -0.594. The molecule has 1 aromatic heterocycles. The van der Waals surface area contributed by atoms with Gasteiger partial charge in [0.2, 0.25) is 0 Å². The monoisotopic (exact) mass is 353 g/mol. The average molecular weight is 354 g/mol. The summed E-state index contributed by atoms with van der Waals surface area (Å²) in [6, 6.07) is 6.97. The number of fused-ring (bicyclic) bond motifs is 1. The van der Waals surface area contributed by atoms with Gasteiger partial charge in [-0.25, -0.2) is 14.2 Å². The van der Waals surface area contributed by atoms with Crippen LogP contribution in [-0.4, -0.2) is 29.3 Å². The quantitative estimate of drug-likeness (QED) is 0.727. The lowest BCUT2D eigenvalue weighted by Gasteiger charge is -2.20. The molecule has 0 radical (unpaired) electrons. The number of halogens is 1. The Bertz CT molecular complexity index is 712. The Hall–Kier alpha value is -1.82. The van der Waals surface area contributed by atoms with Gasteiger partial charge in [-0.15, -0.1) is 0 Å². The van der Waals surface area contributed by atoms with E-state index in [1.807, 2.05) is 6.07 Å². The van der Waals surface area contributed by atoms with Crippen molar-refractivity contribution >= 4 is 38.9 Å². The Kier molecular flexibility index (Phi) is 4.09. The highest BCUT2D eigenvalue weighted by Gasteiger charge is 2.25. The first-order valence-corrected chi connectivity index (χ1v) is 7.15. The molecule has 0 fully saturated rings. The first-order valence-electron chi connectivity index (χ1n) is 6.36. The molecule has 0 bridgehead atoms. The van der Waals surface area contributed by atoms with Gasteiger partial charge in [-0.2, -0.15) is 0 Å². The second-order valence-electron chi connectivity index (χ2n) is 5.51. The van der Waals surface area contributed by atoms with Crippen molar-refractivity contribution in [2.45, 2.75) is 26.4 Å². The number of hydrogen-bond donors (Lipinski definition) is 0. The van der Waals surface area contributed by atoms with E-state index in [0.29, 0.717) is 5.52 Å². The summed E-state index contributed by atoms with van der Waals surface area (Å²) in [6.07, 6.45) is -0.615. The number of aromatic nitrogens is 1. The van der Waals surface area contributed by atoms with E-state index < -0.39 is 17.7 Å². The summed E-state index contributed by atoms with van der Waals surface area (Å²) in [5.41, 5.74) is 0.0558. The second kappa shape index (κ2) is 5.52. The van der Waals surface area contributed by atoms with Crippen LogP contribution < -0.4 is 0 Å². The van der Waals surface area contributed by atoms with Crippen LogP contribution in [0.5, 0.6) is 0 Å². The molecule has 2 rings (SSSR count). The van der Waals surface area contributed by atoms with Gasteiger partial charge in [0.15, 0.2) is 0 Å². The molecule has 0 aliphatic carbocycles. The van der Waals surface area contributed by atoms with Crippen molar-refractivity contribution in [3.8, 4) is 0 Å². The maximum Gasteiger partial charge on any atom is 0.419 e. The summed E-state index contributed by atoms with van der Waals surface area (Å²) in [4.78, 5) is 24.3. The molecule has 0 aliphatic rings. The zero-order valence-corrected chi connectivity index (χ0v) is 13.9. The Balaban J connectivity index is 2.66. The minimum absolute atomic E-state index is 0.133. The Morgan fingerprint density at radius 1 is 1.24 bits per heavy atom. The lowest BCUT2D eigenvalue weighted by molar-refractivity contribution is 0.0490. The summed E-state index contributed by atoms with van der Waals surface area (Å²) in [5, 5.41) is 0.740. The smallest absolute Gasteiger partial charge is 0.419 e. The number of carbonyl (C=O) groups excluding carboxylic acids is 2. The van der Waals surface area contributed by atoms with Crippen molar-refractivity contribution in [3.63, 3.8) is 0 Å². The lowest BCUT2D eigenvalue weighted by atomic mass is 10.2. The summed E-state index contributed by atoms with van der Waals surface area (Å²) >= 11 is 3.41. The van der Waals surface area contributed by atoms with Gasteiger partial charge in [0, 0.05) is 9.86 Å². The molecule has 21 heavy (non-hydrogen) atoms. The Morgan fingerprint density at radius 2 is 1.90 bits per heavy atom. The Labute approximate surface area is 131 Å². The van der Waals surface area contributed by atoms with Crippen LogP contribution in [0.15, 0.2) is 28.7 Å². The van der Waals surface area contributed by atoms with Gasteiger partial charge < -0.3 is 9.47 Å². The Morgan fingerprint density at radius 3 is 2.48 bits per heavy atom. The SMILES string of the molecule is COC(=O)c1cc2c(Br)cccc2n1C(=O)OC(C)(C)C. The molecule has 0 aliphatic heterocycles. The zero-order chi connectivity index (χ0) is 15.8. The molecular formula is C15H16BrNO4. The lowest BCUT2D eigenvalue weighted by Crippen LogP contribution is -2.29. The van der Waals surface area contributed by atoms with E-state index in [1.165, 1.54) is 11.7 Å². The number of hydrogen-bond acceptors (Lipinski definition) is 4. The van der Waals surface area contributed by atoms with E-state index in [1.54, 1.807) is 39.0 Å². The molecule has 1 heterocycles. The first kappa shape index (κ1) is 15.6. The molecule has 0 unspecified atom stereocenters. The van der Waals surface area contributed by atoms with Crippen molar-refractivity contribution in [1.29, 1.82) is 0 Å². The van der Waals surface area contributed by atoms with Crippen LogP contribution >= 0.6 is 15.9 Å². The maximum atomic E-state index is 12.4. The number of carbonyl (C=O) groups is 2. The number of ether oxygens (including phenoxy) is 2. The highest BCUT2D eigenvalue weighted by molar-refractivity contribution is 9.10. The van der Waals surface area contributed by atoms with Crippen molar-refractivity contribution in [3.05, 3.63) is 34.4 Å². The fourth-order valence-electron chi connectivity index (χ4n) is 1.95. The fraction of sp³-hybridized carbons (Fsp3) is 0.333. The maximum absolute atomic E-state index is 12.4. The summed E-state index contributed by atoms with van der Waals surface area (Å²) < 4.78 is 12.1. The fourth-order valence-corrected chi connectivity index (χ4v) is 2.42. The third-order valence-electron chi connectivity index (χ3n) is 2.76. The van der Waals surface area contributed by atoms with Crippen molar-refractivity contribution in [2.24, 2.45) is 0 Å². The van der Waals surface area contributed by atoms with Crippen molar-refractivity contribution < 1.29 is 19.1 Å². The highest BCUT2D eigenvalue weighted by Crippen LogP contribution is 2.28. The standard InChI is InChI=1S/C15H16BrNO4/c1-15(2,3)21-14(19)17-11-7-5-6-10(16)9(11)8-12(17)13(18)20-4/h5-8H,1-4H3. The molecule has 112 valence electrons. The molecule has 0 spiro atoms. The molecule has 0 N–H and O–H groups in total. The largest absolute Gasteiger partial charge is 0.464 e. The van der Waals surface area contributed by atoms with Crippen LogP contribution in [0, 0.1) is 0 Å². The number of esters is 1. The van der Waals surface area contributed by atoms with E-state index in [4.69, 9.17) is 9.47 Å². The van der Waals surface area contributed by atoms with E-state index in [2.05, 4.69) is 15.9 Å². The zero-order valence-electron chi connectivity index (χ0n) is 12.3. The normalized spacial score (nSPS) is 11.5. The van der Waals surface area contributed by atoms with Crippen molar-refractivity contribution in [2.75, 3.05) is 7.11 Å². The van der Waals surface area contributed by atoms with E-state index in [9.17, 15) is 9.59 Å². The summed E-state index contributed by atoms with van der Waals surface area (Å²) in [7, 11) is 1.27. The van der Waals surface area contributed by atoms with Crippen LogP contribution in [0.2, 0.25) is 0 Å². The molecule has 1 aromatic carbocycles. The second-order valence-corrected chi connectivity index (χ2v) is 6.36. The molecule has 5 nitrogen and oxygen atoms in total. The van der Waals surface area contributed by atoms with E-state index in [-0.39, 0.29) is 5.69 Å². The predicted molar refractivity (Wildman–Crippen MR) is 82.6 cm³/mol. The number of benzene rings is 1. The van der Waals surface area contributed by atoms with Gasteiger partial charge >= 0.3 is 12.1 Å². The van der Waals surface area contributed by atoms with Crippen LogP contribution in [0.1, 0.15) is 31.3 Å². The van der Waals surface area contributed by atoms with Crippen LogP contribution in [0.4, 0.5) is 4.79 Å².